The summed E-state index contributed by atoms with van der Waals surface area (Å²) in [7, 11) is 1.85. The number of carbonyl (C=O) groups is 1. The van der Waals surface area contributed by atoms with E-state index in [9.17, 15) is 4.79 Å². The van der Waals surface area contributed by atoms with Crippen LogP contribution in [0.3, 0.4) is 0 Å². The molecule has 3 nitrogen and oxygen atoms in total. The molecule has 1 aromatic carbocycles. The largest absolute Gasteiger partial charge is 0.376 e. The van der Waals surface area contributed by atoms with Gasteiger partial charge < -0.3 is 9.64 Å². The van der Waals surface area contributed by atoms with E-state index in [4.69, 9.17) is 4.74 Å². The minimum Gasteiger partial charge on any atom is -0.376 e. The van der Waals surface area contributed by atoms with Gasteiger partial charge in [0.25, 0.3) is 5.91 Å². The van der Waals surface area contributed by atoms with Crippen LogP contribution in [0.15, 0.2) is 24.3 Å². The molecule has 1 saturated heterocycles. The van der Waals surface area contributed by atoms with Crippen molar-refractivity contribution in [1.82, 2.24) is 4.90 Å². The zero-order valence-corrected chi connectivity index (χ0v) is 12.7. The normalized spacial score (nSPS) is 19.6. The maximum absolute atomic E-state index is 12.2. The zero-order valence-electron chi connectivity index (χ0n) is 10.6. The Kier molecular flexibility index (Phi) is 5.00. The van der Waals surface area contributed by atoms with Gasteiger partial charge in [0.1, 0.15) is 0 Å². The van der Waals surface area contributed by atoms with Gasteiger partial charge in [0.2, 0.25) is 0 Å². The zero-order chi connectivity index (χ0) is 13.0. The summed E-state index contributed by atoms with van der Waals surface area (Å²) in [6.07, 6.45) is 3.61. The molecule has 4 heteroatoms. The minimum atomic E-state index is 0.0719. The van der Waals surface area contributed by atoms with E-state index in [1.54, 1.807) is 4.90 Å². The molecule has 1 aliphatic heterocycles. The van der Waals surface area contributed by atoms with Gasteiger partial charge in [-0.05, 0) is 60.1 Å². The Hall–Kier alpha value is -0.620. The highest BCUT2D eigenvalue weighted by atomic mass is 127. The Labute approximate surface area is 122 Å². The standard InChI is InChI=1S/C14H18INO2/c1-16(10-13-7-2-3-8-18-13)14(17)11-5-4-6-12(15)9-11/h4-6,9,13H,2-3,7-8,10H2,1H3. The number of rotatable bonds is 3. The number of hydrogen-bond acceptors (Lipinski definition) is 2. The molecule has 18 heavy (non-hydrogen) atoms. The lowest BCUT2D eigenvalue weighted by molar-refractivity contribution is -0.000188. The number of amides is 1. The van der Waals surface area contributed by atoms with Gasteiger partial charge in [-0.3, -0.25) is 4.79 Å². The van der Waals surface area contributed by atoms with E-state index in [0.717, 1.165) is 28.6 Å². The highest BCUT2D eigenvalue weighted by Gasteiger charge is 2.19. The highest BCUT2D eigenvalue weighted by Crippen LogP contribution is 2.15. The highest BCUT2D eigenvalue weighted by molar-refractivity contribution is 14.1. The molecular weight excluding hydrogens is 341 g/mol. The van der Waals surface area contributed by atoms with Crippen molar-refractivity contribution < 1.29 is 9.53 Å². The van der Waals surface area contributed by atoms with Crippen molar-refractivity contribution in [1.29, 1.82) is 0 Å². The fourth-order valence-electron chi connectivity index (χ4n) is 2.18. The van der Waals surface area contributed by atoms with Gasteiger partial charge in [0.15, 0.2) is 0 Å². The van der Waals surface area contributed by atoms with Gasteiger partial charge in [-0.15, -0.1) is 0 Å². The molecule has 1 aliphatic rings. The molecule has 0 N–H and O–H groups in total. The predicted molar refractivity (Wildman–Crippen MR) is 79.7 cm³/mol. The number of hydrogen-bond donors (Lipinski definition) is 0. The first-order valence-electron chi connectivity index (χ1n) is 6.29. The maximum atomic E-state index is 12.2. The predicted octanol–water partition coefficient (Wildman–Crippen LogP) is 2.93. The van der Waals surface area contributed by atoms with Crippen molar-refractivity contribution in [2.24, 2.45) is 0 Å². The molecule has 1 amide bonds. The molecular formula is C14H18INO2. The van der Waals surface area contributed by atoms with Gasteiger partial charge in [0, 0.05) is 29.3 Å². The van der Waals surface area contributed by atoms with Crippen LogP contribution in [0.25, 0.3) is 0 Å². The molecule has 98 valence electrons. The van der Waals surface area contributed by atoms with Crippen LogP contribution < -0.4 is 0 Å². The molecule has 0 radical (unpaired) electrons. The Morgan fingerprint density at radius 1 is 1.50 bits per heavy atom. The lowest BCUT2D eigenvalue weighted by Crippen LogP contribution is -2.37. The van der Waals surface area contributed by atoms with E-state index < -0.39 is 0 Å². The van der Waals surface area contributed by atoms with Gasteiger partial charge in [-0.2, -0.15) is 0 Å². The van der Waals surface area contributed by atoms with Crippen LogP contribution in [0.5, 0.6) is 0 Å². The summed E-state index contributed by atoms with van der Waals surface area (Å²) in [5.74, 6) is 0.0719. The van der Waals surface area contributed by atoms with E-state index in [1.807, 2.05) is 31.3 Å². The molecule has 1 aromatic rings. The SMILES string of the molecule is CN(CC1CCCCO1)C(=O)c1cccc(I)c1. The monoisotopic (exact) mass is 359 g/mol. The van der Waals surface area contributed by atoms with Crippen molar-refractivity contribution >= 4 is 28.5 Å². The summed E-state index contributed by atoms with van der Waals surface area (Å²) >= 11 is 2.22. The fraction of sp³-hybridized carbons (Fsp3) is 0.500. The molecule has 0 aromatic heterocycles. The Bertz CT molecular complexity index is 416. The third-order valence-corrected chi connectivity index (χ3v) is 3.84. The number of ether oxygens (including phenoxy) is 1. The second kappa shape index (κ2) is 6.52. The third kappa shape index (κ3) is 3.68. The van der Waals surface area contributed by atoms with E-state index in [1.165, 1.54) is 6.42 Å². The number of nitrogens with zero attached hydrogens (tertiary/aromatic N) is 1. The Balaban J connectivity index is 1.95. The number of benzene rings is 1. The lowest BCUT2D eigenvalue weighted by Gasteiger charge is -2.27. The number of halogens is 1. The second-order valence-corrected chi connectivity index (χ2v) is 5.93. The van der Waals surface area contributed by atoms with Gasteiger partial charge in [-0.25, -0.2) is 0 Å². The minimum absolute atomic E-state index is 0.0719. The quantitative estimate of drug-likeness (QED) is 0.777. The molecule has 0 saturated carbocycles. The molecule has 0 spiro atoms. The van der Waals surface area contributed by atoms with Crippen LogP contribution >= 0.6 is 22.6 Å². The molecule has 1 unspecified atom stereocenters. The fourth-order valence-corrected chi connectivity index (χ4v) is 2.72. The summed E-state index contributed by atoms with van der Waals surface area (Å²) in [6.45, 7) is 1.51. The Morgan fingerprint density at radius 3 is 3.00 bits per heavy atom. The first kappa shape index (κ1) is 13.8. The summed E-state index contributed by atoms with van der Waals surface area (Å²) < 4.78 is 6.75. The second-order valence-electron chi connectivity index (χ2n) is 4.68. The van der Waals surface area contributed by atoms with Crippen LogP contribution in [-0.4, -0.2) is 37.1 Å². The molecule has 1 atom stereocenters. The van der Waals surface area contributed by atoms with E-state index >= 15 is 0 Å². The maximum Gasteiger partial charge on any atom is 0.253 e. The van der Waals surface area contributed by atoms with Crippen LogP contribution in [0.1, 0.15) is 29.6 Å². The van der Waals surface area contributed by atoms with Crippen LogP contribution in [-0.2, 0) is 4.74 Å². The van der Waals surface area contributed by atoms with Crippen LogP contribution in [0.4, 0.5) is 0 Å². The van der Waals surface area contributed by atoms with Crippen molar-refractivity contribution in [3.05, 3.63) is 33.4 Å². The van der Waals surface area contributed by atoms with Crippen molar-refractivity contribution in [3.63, 3.8) is 0 Å². The van der Waals surface area contributed by atoms with Gasteiger partial charge in [-0.1, -0.05) is 6.07 Å². The van der Waals surface area contributed by atoms with Crippen molar-refractivity contribution in [2.75, 3.05) is 20.2 Å². The summed E-state index contributed by atoms with van der Waals surface area (Å²) in [4.78, 5) is 14.0. The summed E-state index contributed by atoms with van der Waals surface area (Å²) in [5.41, 5.74) is 0.750. The van der Waals surface area contributed by atoms with E-state index in [0.29, 0.717) is 6.54 Å². The average Bonchev–Trinajstić information content (AvgIpc) is 2.39. The summed E-state index contributed by atoms with van der Waals surface area (Å²) in [6, 6.07) is 7.69. The summed E-state index contributed by atoms with van der Waals surface area (Å²) in [5, 5.41) is 0. The van der Waals surface area contributed by atoms with Crippen molar-refractivity contribution in [3.8, 4) is 0 Å². The topological polar surface area (TPSA) is 29.5 Å². The van der Waals surface area contributed by atoms with Crippen LogP contribution in [0.2, 0.25) is 0 Å². The smallest absolute Gasteiger partial charge is 0.253 e. The molecule has 2 rings (SSSR count). The third-order valence-electron chi connectivity index (χ3n) is 3.17. The molecule has 0 bridgehead atoms. The first-order valence-corrected chi connectivity index (χ1v) is 7.37. The average molecular weight is 359 g/mol. The van der Waals surface area contributed by atoms with Crippen LogP contribution in [0, 0.1) is 3.57 Å². The molecule has 1 fully saturated rings. The van der Waals surface area contributed by atoms with Crippen molar-refractivity contribution in [2.45, 2.75) is 25.4 Å². The van der Waals surface area contributed by atoms with Gasteiger partial charge >= 0.3 is 0 Å². The number of likely N-dealkylation sites (N-methyl/N-ethyl adjacent to an activating group) is 1. The molecule has 0 aliphatic carbocycles. The first-order chi connectivity index (χ1) is 8.66. The lowest BCUT2D eigenvalue weighted by atomic mass is 10.1. The number of carbonyl (C=O) groups excluding carboxylic acids is 1. The molecule has 1 heterocycles. The van der Waals surface area contributed by atoms with E-state index in [-0.39, 0.29) is 12.0 Å². The Morgan fingerprint density at radius 2 is 2.33 bits per heavy atom. The van der Waals surface area contributed by atoms with Gasteiger partial charge in [0.05, 0.1) is 6.10 Å². The van der Waals surface area contributed by atoms with E-state index in [2.05, 4.69) is 22.6 Å².